The third-order valence-electron chi connectivity index (χ3n) is 4.38. The number of anilines is 1. The Hall–Kier alpha value is -2.31. The molecule has 0 radical (unpaired) electrons. The molecule has 128 valence electrons. The lowest BCUT2D eigenvalue weighted by atomic mass is 10.1. The first-order valence-electron chi connectivity index (χ1n) is 7.97. The smallest absolute Gasteiger partial charge is 0.242 e. The monoisotopic (exact) mass is 373 g/mol. The van der Waals surface area contributed by atoms with E-state index in [1.165, 1.54) is 16.4 Å². The topological polar surface area (TPSA) is 55.2 Å². The first kappa shape index (κ1) is 16.2. The van der Waals surface area contributed by atoms with Crippen LogP contribution in [0, 0.1) is 0 Å². The van der Waals surface area contributed by atoms with E-state index in [1.807, 2.05) is 37.3 Å². The third-order valence-corrected chi connectivity index (χ3v) is 6.45. The molecule has 1 aliphatic rings. The second-order valence-corrected chi connectivity index (χ2v) is 8.07. The van der Waals surface area contributed by atoms with Gasteiger partial charge < -0.3 is 0 Å². The van der Waals surface area contributed by atoms with Crippen LogP contribution >= 0.6 is 11.6 Å². The molecule has 2 aromatic carbocycles. The molecule has 3 aromatic rings. The lowest BCUT2D eigenvalue weighted by Gasteiger charge is -2.38. The van der Waals surface area contributed by atoms with Crippen LogP contribution in [-0.4, -0.2) is 18.2 Å². The highest BCUT2D eigenvalue weighted by atomic mass is 35.5. The Morgan fingerprint density at radius 2 is 1.80 bits per heavy atom. The fourth-order valence-corrected chi connectivity index (χ4v) is 5.07. The quantitative estimate of drug-likeness (QED) is 0.687. The van der Waals surface area contributed by atoms with Crippen molar-refractivity contribution in [2.24, 2.45) is 0 Å². The van der Waals surface area contributed by atoms with Crippen molar-refractivity contribution >= 4 is 27.3 Å². The molecular formula is C18H16ClN3O2S. The molecule has 25 heavy (non-hydrogen) atoms. The van der Waals surface area contributed by atoms with Crippen LogP contribution < -0.4 is 4.31 Å². The molecule has 0 spiro atoms. The molecule has 1 aliphatic heterocycles. The minimum atomic E-state index is -3.76. The molecule has 1 unspecified atom stereocenters. The van der Waals surface area contributed by atoms with Gasteiger partial charge in [-0.3, -0.25) is 0 Å². The zero-order valence-electron chi connectivity index (χ0n) is 13.5. The predicted octanol–water partition coefficient (Wildman–Crippen LogP) is 4.32. The molecular weight excluding hydrogens is 358 g/mol. The predicted molar refractivity (Wildman–Crippen MR) is 98.1 cm³/mol. The Bertz CT molecular complexity index is 1030. The summed E-state index contributed by atoms with van der Waals surface area (Å²) in [6.45, 7) is 1.95. The Labute approximate surface area is 151 Å². The van der Waals surface area contributed by atoms with E-state index in [1.54, 1.807) is 23.0 Å². The summed E-state index contributed by atoms with van der Waals surface area (Å²) in [6, 6.07) is 15.7. The van der Waals surface area contributed by atoms with E-state index in [2.05, 4.69) is 5.10 Å². The van der Waals surface area contributed by atoms with Gasteiger partial charge in [-0.15, -0.1) is 0 Å². The fourth-order valence-electron chi connectivity index (χ4n) is 3.26. The first-order chi connectivity index (χ1) is 12.0. The van der Waals surface area contributed by atoms with E-state index in [9.17, 15) is 8.42 Å². The van der Waals surface area contributed by atoms with Gasteiger partial charge in [-0.05, 0) is 42.8 Å². The van der Waals surface area contributed by atoms with Crippen LogP contribution in [0.3, 0.4) is 0 Å². The summed E-state index contributed by atoms with van der Waals surface area (Å²) in [4.78, 5) is 0.209. The van der Waals surface area contributed by atoms with Gasteiger partial charge in [-0.25, -0.2) is 17.4 Å². The highest BCUT2D eigenvalue weighted by molar-refractivity contribution is 7.92. The summed E-state index contributed by atoms with van der Waals surface area (Å²) in [6.07, 6.45) is 1.88. The van der Waals surface area contributed by atoms with Crippen molar-refractivity contribution in [3.05, 3.63) is 65.8 Å². The molecule has 0 bridgehead atoms. The largest absolute Gasteiger partial charge is 0.266 e. The average Bonchev–Trinajstić information content (AvgIpc) is 3.10. The van der Waals surface area contributed by atoms with Crippen molar-refractivity contribution in [3.8, 4) is 11.3 Å². The van der Waals surface area contributed by atoms with Crippen LogP contribution in [0.25, 0.3) is 11.3 Å². The van der Waals surface area contributed by atoms with Crippen LogP contribution in [0.1, 0.15) is 19.5 Å². The number of hydrogen-bond acceptors (Lipinski definition) is 3. The van der Waals surface area contributed by atoms with E-state index in [0.29, 0.717) is 17.1 Å². The SMILES string of the molecule is CCC1N(S(=O)(=O)c2ccc(Cl)cc2)c2ccccc2-c2ccnn21. The zero-order chi connectivity index (χ0) is 17.6. The first-order valence-corrected chi connectivity index (χ1v) is 9.78. The van der Waals surface area contributed by atoms with Gasteiger partial charge in [0.25, 0.3) is 10.0 Å². The number of fused-ring (bicyclic) bond motifs is 3. The van der Waals surface area contributed by atoms with Gasteiger partial charge in [0.15, 0.2) is 0 Å². The van der Waals surface area contributed by atoms with Gasteiger partial charge in [-0.2, -0.15) is 5.10 Å². The molecule has 2 heterocycles. The van der Waals surface area contributed by atoms with E-state index < -0.39 is 16.2 Å². The van der Waals surface area contributed by atoms with Crippen LogP contribution in [0.15, 0.2) is 65.7 Å². The molecule has 4 rings (SSSR count). The molecule has 1 aromatic heterocycles. The second kappa shape index (κ2) is 5.89. The number of benzene rings is 2. The molecule has 0 saturated carbocycles. The summed E-state index contributed by atoms with van der Waals surface area (Å²) >= 11 is 5.91. The normalized spacial score (nSPS) is 16.4. The fraction of sp³-hybridized carbons (Fsp3) is 0.167. The maximum absolute atomic E-state index is 13.4. The second-order valence-electron chi connectivity index (χ2n) is 5.82. The van der Waals surface area contributed by atoms with Crippen LogP contribution in [0.5, 0.6) is 0 Å². The summed E-state index contributed by atoms with van der Waals surface area (Å²) in [5, 5.41) is 4.87. The molecule has 0 amide bonds. The third kappa shape index (κ3) is 2.44. The van der Waals surface area contributed by atoms with Gasteiger partial charge >= 0.3 is 0 Å². The van der Waals surface area contributed by atoms with Crippen molar-refractivity contribution in [2.45, 2.75) is 24.4 Å². The van der Waals surface area contributed by atoms with Crippen molar-refractivity contribution in [2.75, 3.05) is 4.31 Å². The summed E-state index contributed by atoms with van der Waals surface area (Å²) < 4.78 is 30.0. The highest BCUT2D eigenvalue weighted by Crippen LogP contribution is 2.44. The van der Waals surface area contributed by atoms with Crippen molar-refractivity contribution in [1.82, 2.24) is 9.78 Å². The van der Waals surface area contributed by atoms with Gasteiger partial charge in [0.2, 0.25) is 0 Å². The lowest BCUT2D eigenvalue weighted by Crippen LogP contribution is -2.41. The molecule has 1 atom stereocenters. The van der Waals surface area contributed by atoms with Crippen LogP contribution in [0.2, 0.25) is 5.02 Å². The number of para-hydroxylation sites is 1. The van der Waals surface area contributed by atoms with Gasteiger partial charge in [0.1, 0.15) is 6.17 Å². The zero-order valence-corrected chi connectivity index (χ0v) is 15.1. The number of rotatable bonds is 3. The van der Waals surface area contributed by atoms with Crippen molar-refractivity contribution < 1.29 is 8.42 Å². The van der Waals surface area contributed by atoms with Gasteiger partial charge in [0, 0.05) is 16.8 Å². The van der Waals surface area contributed by atoms with E-state index in [-0.39, 0.29) is 4.90 Å². The van der Waals surface area contributed by atoms with Crippen LogP contribution in [-0.2, 0) is 10.0 Å². The average molecular weight is 374 g/mol. The van der Waals surface area contributed by atoms with Crippen molar-refractivity contribution in [1.29, 1.82) is 0 Å². The summed E-state index contributed by atoms with van der Waals surface area (Å²) in [5.74, 6) is 0. The van der Waals surface area contributed by atoms with Crippen molar-refractivity contribution in [3.63, 3.8) is 0 Å². The molecule has 0 N–H and O–H groups in total. The maximum Gasteiger partial charge on any atom is 0.266 e. The van der Waals surface area contributed by atoms with E-state index >= 15 is 0 Å². The summed E-state index contributed by atoms with van der Waals surface area (Å²) in [7, 11) is -3.76. The minimum absolute atomic E-state index is 0.209. The molecule has 5 nitrogen and oxygen atoms in total. The molecule has 0 saturated heterocycles. The Morgan fingerprint density at radius 1 is 1.08 bits per heavy atom. The Morgan fingerprint density at radius 3 is 2.52 bits per heavy atom. The number of halogens is 1. The minimum Gasteiger partial charge on any atom is -0.242 e. The molecule has 0 fully saturated rings. The standard InChI is InChI=1S/C18H16ClN3O2S/c1-2-18-21-16(11-12-20-21)15-5-3-4-6-17(15)22(18)25(23,24)14-9-7-13(19)8-10-14/h3-12,18H,2H2,1H3. The number of aromatic nitrogens is 2. The van der Waals surface area contributed by atoms with Gasteiger partial charge in [0.05, 0.1) is 16.3 Å². The lowest BCUT2D eigenvalue weighted by molar-refractivity contribution is 0.447. The Balaban J connectivity index is 1.95. The highest BCUT2D eigenvalue weighted by Gasteiger charge is 2.38. The van der Waals surface area contributed by atoms with Crippen LogP contribution in [0.4, 0.5) is 5.69 Å². The maximum atomic E-state index is 13.4. The van der Waals surface area contributed by atoms with E-state index in [0.717, 1.165) is 11.3 Å². The summed E-state index contributed by atoms with van der Waals surface area (Å²) in [5.41, 5.74) is 2.43. The van der Waals surface area contributed by atoms with E-state index in [4.69, 9.17) is 11.6 Å². The number of hydrogen-bond donors (Lipinski definition) is 0. The number of sulfonamides is 1. The Kier molecular flexibility index (Phi) is 3.81. The number of nitrogens with zero attached hydrogens (tertiary/aromatic N) is 3. The van der Waals surface area contributed by atoms with Gasteiger partial charge in [-0.1, -0.05) is 36.7 Å². The molecule has 7 heteroatoms. The molecule has 0 aliphatic carbocycles.